The fourth-order valence-electron chi connectivity index (χ4n) is 6.45. The van der Waals surface area contributed by atoms with Gasteiger partial charge in [-0.3, -0.25) is 9.48 Å². The quantitative estimate of drug-likeness (QED) is 0.269. The second kappa shape index (κ2) is 11.7. The van der Waals surface area contributed by atoms with Crippen LogP contribution in [0.3, 0.4) is 0 Å². The first-order valence-electron chi connectivity index (χ1n) is 15.3. The first kappa shape index (κ1) is 29.1. The van der Waals surface area contributed by atoms with Crippen molar-refractivity contribution in [2.24, 2.45) is 5.41 Å². The third-order valence-corrected chi connectivity index (χ3v) is 9.61. The van der Waals surface area contributed by atoms with Crippen molar-refractivity contribution in [1.82, 2.24) is 34.6 Å². The summed E-state index contributed by atoms with van der Waals surface area (Å²) in [5, 5.41) is 35.3. The van der Waals surface area contributed by atoms with E-state index in [0.29, 0.717) is 60.9 Å². The number of hydrogen-bond acceptors (Lipinski definition) is 9. The van der Waals surface area contributed by atoms with Gasteiger partial charge in [0.25, 0.3) is 0 Å². The molecule has 0 bridgehead atoms. The molecule has 0 spiro atoms. The highest BCUT2D eigenvalue weighted by atomic mass is 35.5. The van der Waals surface area contributed by atoms with Crippen molar-refractivity contribution in [3.05, 3.63) is 65.6 Å². The molecule has 45 heavy (non-hydrogen) atoms. The maximum absolute atomic E-state index is 13.0. The van der Waals surface area contributed by atoms with E-state index >= 15 is 0 Å². The summed E-state index contributed by atoms with van der Waals surface area (Å²) in [6.45, 7) is 3.65. The zero-order valence-electron chi connectivity index (χ0n) is 24.9. The van der Waals surface area contributed by atoms with Crippen molar-refractivity contribution in [2.75, 3.05) is 42.9 Å². The van der Waals surface area contributed by atoms with Gasteiger partial charge in [-0.25, -0.2) is 4.52 Å². The van der Waals surface area contributed by atoms with Crippen molar-refractivity contribution in [3.63, 3.8) is 0 Å². The van der Waals surface area contributed by atoms with Crippen LogP contribution < -0.4 is 15.5 Å². The number of carbonyl (C=O) groups excluding carboxylic acids is 1. The Morgan fingerprint density at radius 1 is 1.13 bits per heavy atom. The van der Waals surface area contributed by atoms with Crippen LogP contribution in [0.15, 0.2) is 55.0 Å². The summed E-state index contributed by atoms with van der Waals surface area (Å²) in [6, 6.07) is 16.9. The van der Waals surface area contributed by atoms with Gasteiger partial charge in [-0.1, -0.05) is 23.7 Å². The number of aromatic nitrogens is 5. The Hall–Kier alpha value is -4.65. The van der Waals surface area contributed by atoms with Crippen LogP contribution in [-0.2, 0) is 16.8 Å². The highest BCUT2D eigenvalue weighted by molar-refractivity contribution is 6.30. The predicted molar refractivity (Wildman–Crippen MR) is 169 cm³/mol. The van der Waals surface area contributed by atoms with E-state index in [1.807, 2.05) is 47.5 Å². The normalized spacial score (nSPS) is 18.6. The number of nitriles is 2. The summed E-state index contributed by atoms with van der Waals surface area (Å²) in [5.74, 6) is 0.458. The van der Waals surface area contributed by atoms with Gasteiger partial charge in [0.2, 0.25) is 11.9 Å². The van der Waals surface area contributed by atoms with E-state index in [4.69, 9.17) is 16.6 Å². The molecule has 2 saturated heterocycles. The van der Waals surface area contributed by atoms with Crippen LogP contribution in [0.4, 0.5) is 17.3 Å². The summed E-state index contributed by atoms with van der Waals surface area (Å²) in [7, 11) is 0. The first-order chi connectivity index (χ1) is 21.9. The lowest BCUT2D eigenvalue weighted by Gasteiger charge is -2.50. The minimum atomic E-state index is -0.288. The average Bonchev–Trinajstić information content (AvgIpc) is 3.49. The van der Waals surface area contributed by atoms with Crippen LogP contribution >= 0.6 is 11.6 Å². The van der Waals surface area contributed by atoms with Crippen molar-refractivity contribution in [3.8, 4) is 12.1 Å². The molecular weight excluding hydrogens is 590 g/mol. The van der Waals surface area contributed by atoms with E-state index in [1.165, 1.54) is 0 Å². The number of likely N-dealkylation sites (tertiary alicyclic amines) is 1. The number of fused-ring (bicyclic) bond motifs is 1. The molecule has 1 saturated carbocycles. The van der Waals surface area contributed by atoms with Crippen molar-refractivity contribution in [2.45, 2.75) is 50.1 Å². The Morgan fingerprint density at radius 2 is 1.96 bits per heavy atom. The molecule has 3 fully saturated rings. The van der Waals surface area contributed by atoms with Crippen LogP contribution in [0.25, 0.3) is 5.65 Å². The molecule has 3 aromatic heterocycles. The molecule has 1 aromatic carbocycles. The lowest BCUT2D eigenvalue weighted by molar-refractivity contribution is -0.133. The number of pyridine rings is 1. The molecule has 0 radical (unpaired) electrons. The lowest BCUT2D eigenvalue weighted by Crippen LogP contribution is -2.59. The number of rotatable bonds is 10. The summed E-state index contributed by atoms with van der Waals surface area (Å²) >= 11 is 6.27. The fraction of sp³-hybridized carbons (Fsp3) is 0.438. The number of amides is 1. The van der Waals surface area contributed by atoms with Crippen LogP contribution in [0.5, 0.6) is 0 Å². The maximum Gasteiger partial charge on any atom is 0.247 e. The topological polar surface area (TPSA) is 143 Å². The Balaban J connectivity index is 0.956. The lowest BCUT2D eigenvalue weighted by atomic mass is 9.71. The molecule has 5 heterocycles. The molecule has 3 aliphatic rings. The molecule has 2 N–H and O–H groups in total. The van der Waals surface area contributed by atoms with Crippen LogP contribution in [-0.4, -0.2) is 74.0 Å². The van der Waals surface area contributed by atoms with Crippen LogP contribution in [0.1, 0.15) is 37.7 Å². The number of halogens is 1. The van der Waals surface area contributed by atoms with Gasteiger partial charge in [-0.15, -0.1) is 5.10 Å². The molecule has 12 nitrogen and oxygen atoms in total. The number of carbonyl (C=O) groups is 1. The zero-order chi connectivity index (χ0) is 31.0. The Morgan fingerprint density at radius 3 is 2.69 bits per heavy atom. The SMILES string of the molecule is N#CCC1(c2cccc(Cl)c2)CN(c2cccn3nc(Nc4cnn(CC(=O)N5CCC(NCC6(C#N)CC6)CC5)c4)nc23)C1. The van der Waals surface area contributed by atoms with Gasteiger partial charge >= 0.3 is 0 Å². The Bertz CT molecular complexity index is 1800. The van der Waals surface area contributed by atoms with Crippen molar-refractivity contribution in [1.29, 1.82) is 10.5 Å². The number of nitrogens with zero attached hydrogens (tertiary/aromatic N) is 9. The van der Waals surface area contributed by atoms with Gasteiger partial charge in [-0.2, -0.15) is 20.6 Å². The van der Waals surface area contributed by atoms with Gasteiger partial charge in [0.15, 0.2) is 5.65 Å². The standard InChI is InChI=1S/C32H34ClN11O/c33-24-4-1-3-23(15-24)32(10-11-34)21-42(22-32)27-5-2-12-44-29(27)39-30(40-44)38-26-16-37-43(17-26)18-28(45)41-13-6-25(7-14-41)36-20-31(19-35)8-9-31/h1-5,12,15-17,25,36H,6-10,13-14,18,20-22H2,(H,38,40). The van der Waals surface area contributed by atoms with Crippen molar-refractivity contribution >= 4 is 40.5 Å². The number of benzene rings is 1. The van der Waals surface area contributed by atoms with Gasteiger partial charge in [0, 0.05) is 68.0 Å². The van der Waals surface area contributed by atoms with E-state index in [-0.39, 0.29) is 23.3 Å². The smallest absolute Gasteiger partial charge is 0.247 e. The molecule has 2 aliphatic heterocycles. The largest absolute Gasteiger partial charge is 0.366 e. The number of anilines is 3. The van der Waals surface area contributed by atoms with Crippen LogP contribution in [0, 0.1) is 28.1 Å². The van der Waals surface area contributed by atoms with E-state index in [2.05, 4.69) is 37.9 Å². The molecule has 0 unspecified atom stereocenters. The zero-order valence-corrected chi connectivity index (χ0v) is 25.6. The number of hydrogen-bond donors (Lipinski definition) is 2. The van der Waals surface area contributed by atoms with Crippen LogP contribution in [0.2, 0.25) is 5.02 Å². The number of piperidine rings is 1. The highest BCUT2D eigenvalue weighted by Gasteiger charge is 2.45. The first-order valence-corrected chi connectivity index (χ1v) is 15.7. The fourth-order valence-corrected chi connectivity index (χ4v) is 6.64. The summed E-state index contributed by atoms with van der Waals surface area (Å²) in [5.41, 5.74) is 2.96. The number of nitrogens with one attached hydrogen (secondary N) is 2. The third kappa shape index (κ3) is 5.91. The van der Waals surface area contributed by atoms with E-state index in [9.17, 15) is 15.3 Å². The second-order valence-corrected chi connectivity index (χ2v) is 13.0. The third-order valence-electron chi connectivity index (χ3n) is 9.38. The molecule has 1 aliphatic carbocycles. The second-order valence-electron chi connectivity index (χ2n) is 12.6. The van der Waals surface area contributed by atoms with E-state index in [0.717, 1.165) is 43.5 Å². The average molecular weight is 624 g/mol. The minimum absolute atomic E-state index is 0.0362. The molecule has 230 valence electrons. The molecule has 7 rings (SSSR count). The Kier molecular flexibility index (Phi) is 7.56. The molecule has 1 amide bonds. The van der Waals surface area contributed by atoms with Crippen molar-refractivity contribution < 1.29 is 4.79 Å². The van der Waals surface area contributed by atoms with E-state index < -0.39 is 0 Å². The molecule has 0 atom stereocenters. The molecular formula is C32H34ClN11O. The highest BCUT2D eigenvalue weighted by Crippen LogP contribution is 2.44. The minimum Gasteiger partial charge on any atom is -0.366 e. The van der Waals surface area contributed by atoms with Gasteiger partial charge < -0.3 is 20.4 Å². The predicted octanol–water partition coefficient (Wildman–Crippen LogP) is 3.88. The van der Waals surface area contributed by atoms with E-state index in [1.54, 1.807) is 21.6 Å². The molecule has 4 aromatic rings. The maximum atomic E-state index is 13.0. The Labute approximate surface area is 266 Å². The van der Waals surface area contributed by atoms with Gasteiger partial charge in [0.05, 0.1) is 35.1 Å². The summed E-state index contributed by atoms with van der Waals surface area (Å²) < 4.78 is 3.36. The summed E-state index contributed by atoms with van der Waals surface area (Å²) in [6.07, 6.45) is 9.44. The molecule has 13 heteroatoms. The van der Waals surface area contributed by atoms with Gasteiger partial charge in [0.1, 0.15) is 6.54 Å². The monoisotopic (exact) mass is 623 g/mol. The summed E-state index contributed by atoms with van der Waals surface area (Å²) in [4.78, 5) is 21.8. The van der Waals surface area contributed by atoms with Gasteiger partial charge in [-0.05, 0) is 55.5 Å².